The highest BCUT2D eigenvalue weighted by Gasteiger charge is 2.31. The number of benzene rings is 1. The Bertz CT molecular complexity index is 433. The quantitative estimate of drug-likeness (QED) is 0.926. The third-order valence-electron chi connectivity index (χ3n) is 3.78. The minimum absolute atomic E-state index is 0.189. The van der Waals surface area contributed by atoms with Crippen LogP contribution < -0.4 is 10.5 Å². The summed E-state index contributed by atoms with van der Waals surface area (Å²) in [7, 11) is 0. The molecule has 0 radical (unpaired) electrons. The third kappa shape index (κ3) is 3.86. The number of hydrogen-bond donors (Lipinski definition) is 1. The molecule has 1 aromatic rings. The number of nitrogens with zero attached hydrogens (tertiary/aromatic N) is 1. The first-order valence-corrected chi connectivity index (χ1v) is 6.68. The Labute approximate surface area is 116 Å². The zero-order chi connectivity index (χ0) is 14.8. The molecule has 6 heteroatoms. The van der Waals surface area contributed by atoms with E-state index < -0.39 is 6.36 Å². The molecule has 1 aliphatic rings. The topological polar surface area (TPSA) is 38.5 Å². The van der Waals surface area contributed by atoms with Crippen molar-refractivity contribution < 1.29 is 17.9 Å². The minimum Gasteiger partial charge on any atom is -0.406 e. The molecule has 0 aliphatic carbocycles. The maximum Gasteiger partial charge on any atom is 0.573 e. The Kier molecular flexibility index (Phi) is 4.55. The summed E-state index contributed by atoms with van der Waals surface area (Å²) in [6.45, 7) is 4.47. The van der Waals surface area contributed by atoms with Gasteiger partial charge in [0, 0.05) is 19.1 Å². The summed E-state index contributed by atoms with van der Waals surface area (Å²) in [5, 5.41) is 0. The summed E-state index contributed by atoms with van der Waals surface area (Å²) in [6, 6.07) is 6.37. The van der Waals surface area contributed by atoms with Gasteiger partial charge in [-0.25, -0.2) is 0 Å². The first kappa shape index (κ1) is 15.1. The molecule has 0 aromatic heterocycles. The molecule has 0 bridgehead atoms. The highest BCUT2D eigenvalue weighted by molar-refractivity contribution is 5.27. The van der Waals surface area contributed by atoms with Crippen molar-refractivity contribution in [3.05, 3.63) is 29.8 Å². The molecule has 1 heterocycles. The van der Waals surface area contributed by atoms with Crippen LogP contribution in [0.4, 0.5) is 13.2 Å². The van der Waals surface area contributed by atoms with E-state index in [9.17, 15) is 13.2 Å². The normalized spacial score (nSPS) is 24.1. The van der Waals surface area contributed by atoms with Crippen molar-refractivity contribution in [3.8, 4) is 5.75 Å². The Balaban J connectivity index is 1.97. The first-order valence-electron chi connectivity index (χ1n) is 6.68. The average Bonchev–Trinajstić information content (AvgIpc) is 2.70. The van der Waals surface area contributed by atoms with Crippen molar-refractivity contribution in [2.75, 3.05) is 13.1 Å². The van der Waals surface area contributed by atoms with Crippen LogP contribution in [0.2, 0.25) is 0 Å². The third-order valence-corrected chi connectivity index (χ3v) is 3.78. The molecule has 2 rings (SSSR count). The van der Waals surface area contributed by atoms with Gasteiger partial charge in [-0.05, 0) is 36.6 Å². The molecular weight excluding hydrogens is 269 g/mol. The first-order chi connectivity index (χ1) is 9.39. The van der Waals surface area contributed by atoms with E-state index in [0.29, 0.717) is 25.0 Å². The van der Waals surface area contributed by atoms with Crippen LogP contribution >= 0.6 is 0 Å². The number of likely N-dealkylation sites (tertiary alicyclic amines) is 1. The van der Waals surface area contributed by atoms with E-state index >= 15 is 0 Å². The highest BCUT2D eigenvalue weighted by atomic mass is 19.4. The predicted octanol–water partition coefficient (Wildman–Crippen LogP) is 2.75. The van der Waals surface area contributed by atoms with Crippen molar-refractivity contribution in [1.82, 2.24) is 4.90 Å². The molecule has 2 unspecified atom stereocenters. The number of nitrogens with two attached hydrogens (primary N) is 1. The maximum absolute atomic E-state index is 12.1. The highest BCUT2D eigenvalue weighted by Crippen LogP contribution is 2.26. The molecule has 1 aliphatic heterocycles. The van der Waals surface area contributed by atoms with Crippen LogP contribution in [0.1, 0.15) is 18.9 Å². The molecule has 0 amide bonds. The Morgan fingerprint density at radius 1 is 1.30 bits per heavy atom. The van der Waals surface area contributed by atoms with Gasteiger partial charge in [-0.3, -0.25) is 4.90 Å². The maximum atomic E-state index is 12.1. The lowest BCUT2D eigenvalue weighted by atomic mass is 10.0. The van der Waals surface area contributed by atoms with Crippen molar-refractivity contribution in [2.45, 2.75) is 32.3 Å². The molecule has 1 saturated heterocycles. The van der Waals surface area contributed by atoms with Gasteiger partial charge in [0.05, 0.1) is 0 Å². The van der Waals surface area contributed by atoms with E-state index in [4.69, 9.17) is 5.73 Å². The second-order valence-electron chi connectivity index (χ2n) is 5.23. The lowest BCUT2D eigenvalue weighted by molar-refractivity contribution is -0.274. The molecule has 2 atom stereocenters. The zero-order valence-electron chi connectivity index (χ0n) is 11.4. The SMILES string of the molecule is CC1CCN(Cc2ccc(OC(F)(F)F)cc2)C1CN. The van der Waals surface area contributed by atoms with Gasteiger partial charge in [-0.1, -0.05) is 19.1 Å². The van der Waals surface area contributed by atoms with E-state index in [-0.39, 0.29) is 5.75 Å². The summed E-state index contributed by atoms with van der Waals surface area (Å²) in [6.07, 6.45) is -3.53. The van der Waals surface area contributed by atoms with E-state index in [1.165, 1.54) is 12.1 Å². The van der Waals surface area contributed by atoms with Gasteiger partial charge in [-0.2, -0.15) is 0 Å². The molecule has 1 aromatic carbocycles. The van der Waals surface area contributed by atoms with E-state index in [0.717, 1.165) is 18.5 Å². The summed E-state index contributed by atoms with van der Waals surface area (Å²) < 4.78 is 40.0. The second-order valence-corrected chi connectivity index (χ2v) is 5.23. The number of halogens is 3. The summed E-state index contributed by atoms with van der Waals surface area (Å²) in [5.74, 6) is 0.374. The standard InChI is InChI=1S/C14H19F3N2O/c1-10-6-7-19(13(10)8-18)9-11-2-4-12(5-3-11)20-14(15,16)17/h2-5,10,13H,6-9,18H2,1H3. The fraction of sp³-hybridized carbons (Fsp3) is 0.571. The molecule has 0 spiro atoms. The van der Waals surface area contributed by atoms with Crippen LogP contribution in [0.15, 0.2) is 24.3 Å². The molecule has 3 nitrogen and oxygen atoms in total. The van der Waals surface area contributed by atoms with Crippen LogP contribution in [-0.4, -0.2) is 30.4 Å². The number of hydrogen-bond acceptors (Lipinski definition) is 3. The summed E-state index contributed by atoms with van der Waals surface area (Å²) >= 11 is 0. The average molecular weight is 288 g/mol. The number of rotatable bonds is 4. The van der Waals surface area contributed by atoms with Gasteiger partial charge in [-0.15, -0.1) is 13.2 Å². The van der Waals surface area contributed by atoms with Gasteiger partial charge >= 0.3 is 6.36 Å². The van der Waals surface area contributed by atoms with Crippen molar-refractivity contribution in [2.24, 2.45) is 11.7 Å². The van der Waals surface area contributed by atoms with Crippen LogP contribution in [0.3, 0.4) is 0 Å². The van der Waals surface area contributed by atoms with E-state index in [1.54, 1.807) is 12.1 Å². The monoisotopic (exact) mass is 288 g/mol. The lowest BCUT2D eigenvalue weighted by Gasteiger charge is -2.25. The Hall–Kier alpha value is -1.27. The Morgan fingerprint density at radius 2 is 1.95 bits per heavy atom. The van der Waals surface area contributed by atoms with Crippen LogP contribution in [0, 0.1) is 5.92 Å². The van der Waals surface area contributed by atoms with Crippen molar-refractivity contribution in [1.29, 1.82) is 0 Å². The minimum atomic E-state index is -4.64. The van der Waals surface area contributed by atoms with Gasteiger partial charge in [0.2, 0.25) is 0 Å². The smallest absolute Gasteiger partial charge is 0.406 e. The fourth-order valence-corrected chi connectivity index (χ4v) is 2.70. The van der Waals surface area contributed by atoms with Crippen molar-refractivity contribution >= 4 is 0 Å². The van der Waals surface area contributed by atoms with Crippen LogP contribution in [-0.2, 0) is 6.54 Å². The largest absolute Gasteiger partial charge is 0.573 e. The fourth-order valence-electron chi connectivity index (χ4n) is 2.70. The van der Waals surface area contributed by atoms with Crippen LogP contribution in [0.5, 0.6) is 5.75 Å². The van der Waals surface area contributed by atoms with Gasteiger partial charge in [0.25, 0.3) is 0 Å². The van der Waals surface area contributed by atoms with Crippen LogP contribution in [0.25, 0.3) is 0 Å². The van der Waals surface area contributed by atoms with E-state index in [1.807, 2.05) is 0 Å². The number of alkyl halides is 3. The molecule has 0 saturated carbocycles. The lowest BCUT2D eigenvalue weighted by Crippen LogP contribution is -2.37. The van der Waals surface area contributed by atoms with E-state index in [2.05, 4.69) is 16.6 Å². The molecule has 2 N–H and O–H groups in total. The summed E-state index contributed by atoms with van der Waals surface area (Å²) in [5.41, 5.74) is 6.74. The molecule has 20 heavy (non-hydrogen) atoms. The Morgan fingerprint density at radius 3 is 2.50 bits per heavy atom. The zero-order valence-corrected chi connectivity index (χ0v) is 11.4. The number of ether oxygens (including phenoxy) is 1. The van der Waals surface area contributed by atoms with Crippen molar-refractivity contribution in [3.63, 3.8) is 0 Å². The molecule has 1 fully saturated rings. The molecule has 112 valence electrons. The van der Waals surface area contributed by atoms with Gasteiger partial charge in [0.15, 0.2) is 0 Å². The van der Waals surface area contributed by atoms with Gasteiger partial charge < -0.3 is 10.5 Å². The summed E-state index contributed by atoms with van der Waals surface area (Å²) in [4.78, 5) is 2.28. The van der Waals surface area contributed by atoms with Gasteiger partial charge in [0.1, 0.15) is 5.75 Å². The molecular formula is C14H19F3N2O. The second kappa shape index (κ2) is 6.01. The predicted molar refractivity (Wildman–Crippen MR) is 70.2 cm³/mol.